The number of fused-ring (bicyclic) bond motifs is 11. The quantitative estimate of drug-likeness (QED) is 0.183. The van der Waals surface area contributed by atoms with Gasteiger partial charge in [-0.05, 0) is 65.7 Å². The van der Waals surface area contributed by atoms with E-state index < -0.39 is 0 Å². The van der Waals surface area contributed by atoms with Crippen LogP contribution in [0.1, 0.15) is 0 Å². The molecule has 256 valence electrons. The van der Waals surface area contributed by atoms with Gasteiger partial charge >= 0.3 is 0 Å². The molecule has 4 aromatic heterocycles. The Bertz CT molecular complexity index is 3500. The van der Waals surface area contributed by atoms with E-state index >= 15 is 0 Å². The van der Waals surface area contributed by atoms with E-state index in [9.17, 15) is 0 Å². The SMILES string of the molecule is c1ccc(-c2cccc(-n3c4ccccc4c4ccc5c(c6ccccc6n5-c5nc(-c6ccc7c(c6)oc6ccccc67)c6ccccc6n5)c43)c2)cc1. The molecule has 0 fully saturated rings. The van der Waals surface area contributed by atoms with Crippen molar-refractivity contribution in [3.8, 4) is 34.0 Å². The summed E-state index contributed by atoms with van der Waals surface area (Å²) >= 11 is 0. The molecule has 0 aliphatic rings. The zero-order valence-electron chi connectivity index (χ0n) is 29.5. The highest BCUT2D eigenvalue weighted by atomic mass is 16.3. The highest BCUT2D eigenvalue weighted by Crippen LogP contribution is 2.43. The minimum absolute atomic E-state index is 0.623. The molecule has 0 bridgehead atoms. The van der Waals surface area contributed by atoms with Gasteiger partial charge in [0, 0.05) is 49.0 Å². The summed E-state index contributed by atoms with van der Waals surface area (Å²) in [6, 6.07) is 64.2. The van der Waals surface area contributed by atoms with Gasteiger partial charge in [-0.15, -0.1) is 0 Å². The Morgan fingerprint density at radius 3 is 1.93 bits per heavy atom. The Hall–Kier alpha value is -7.50. The molecule has 5 heteroatoms. The second-order valence-electron chi connectivity index (χ2n) is 14.2. The zero-order chi connectivity index (χ0) is 36.0. The van der Waals surface area contributed by atoms with E-state index in [0.29, 0.717) is 5.95 Å². The van der Waals surface area contributed by atoms with Gasteiger partial charge in [0.2, 0.25) is 5.95 Å². The Labute approximate surface area is 315 Å². The largest absolute Gasteiger partial charge is 0.456 e. The molecule has 12 aromatic rings. The minimum atomic E-state index is 0.623. The van der Waals surface area contributed by atoms with Crippen molar-refractivity contribution in [2.45, 2.75) is 0 Å². The van der Waals surface area contributed by atoms with E-state index in [0.717, 1.165) is 82.6 Å². The monoisotopic (exact) mass is 702 g/mol. The molecule has 0 aliphatic carbocycles. The molecule has 0 N–H and O–H groups in total. The number of furan rings is 1. The maximum atomic E-state index is 6.34. The lowest BCUT2D eigenvalue weighted by Crippen LogP contribution is -2.03. The summed E-state index contributed by atoms with van der Waals surface area (Å²) in [5.41, 5.74) is 12.3. The van der Waals surface area contributed by atoms with Crippen molar-refractivity contribution in [2.75, 3.05) is 0 Å². The smallest absolute Gasteiger partial charge is 0.235 e. The Morgan fingerprint density at radius 2 is 1.05 bits per heavy atom. The molecule has 12 rings (SSSR count). The molecule has 0 saturated carbocycles. The van der Waals surface area contributed by atoms with E-state index in [1.165, 1.54) is 21.9 Å². The van der Waals surface area contributed by atoms with Gasteiger partial charge in [0.1, 0.15) is 11.2 Å². The first kappa shape index (κ1) is 30.0. The maximum absolute atomic E-state index is 6.34. The van der Waals surface area contributed by atoms with Gasteiger partial charge < -0.3 is 8.98 Å². The van der Waals surface area contributed by atoms with Gasteiger partial charge in [-0.3, -0.25) is 4.57 Å². The Kier molecular flexibility index (Phi) is 6.27. The van der Waals surface area contributed by atoms with Crippen molar-refractivity contribution in [2.24, 2.45) is 0 Å². The lowest BCUT2D eigenvalue weighted by molar-refractivity contribution is 0.669. The molecule has 55 heavy (non-hydrogen) atoms. The van der Waals surface area contributed by atoms with E-state index in [1.54, 1.807) is 0 Å². The third-order valence-electron chi connectivity index (χ3n) is 11.1. The predicted octanol–water partition coefficient (Wildman–Crippen LogP) is 13.1. The Balaban J connectivity index is 1.15. The summed E-state index contributed by atoms with van der Waals surface area (Å²) in [5.74, 6) is 0.623. The summed E-state index contributed by atoms with van der Waals surface area (Å²) in [6.07, 6.45) is 0. The van der Waals surface area contributed by atoms with E-state index in [4.69, 9.17) is 14.4 Å². The van der Waals surface area contributed by atoms with Gasteiger partial charge in [0.25, 0.3) is 0 Å². The molecule has 0 unspecified atom stereocenters. The number of benzene rings is 8. The van der Waals surface area contributed by atoms with Crippen LogP contribution < -0.4 is 0 Å². The number of hydrogen-bond donors (Lipinski definition) is 0. The van der Waals surface area contributed by atoms with Gasteiger partial charge in [0.05, 0.1) is 33.3 Å². The van der Waals surface area contributed by atoms with E-state index in [2.05, 4.69) is 173 Å². The van der Waals surface area contributed by atoms with Crippen LogP contribution in [0.25, 0.3) is 110 Å². The van der Waals surface area contributed by atoms with Crippen LogP contribution in [0.3, 0.4) is 0 Å². The van der Waals surface area contributed by atoms with Gasteiger partial charge in [0.15, 0.2) is 0 Å². The van der Waals surface area contributed by atoms with Crippen LogP contribution in [0.2, 0.25) is 0 Å². The highest BCUT2D eigenvalue weighted by Gasteiger charge is 2.23. The van der Waals surface area contributed by atoms with Crippen molar-refractivity contribution >= 4 is 76.5 Å². The summed E-state index contributed by atoms with van der Waals surface area (Å²) in [4.78, 5) is 10.7. The average molecular weight is 703 g/mol. The fourth-order valence-electron chi connectivity index (χ4n) is 8.71. The van der Waals surface area contributed by atoms with E-state index in [-0.39, 0.29) is 0 Å². The maximum Gasteiger partial charge on any atom is 0.235 e. The predicted molar refractivity (Wildman–Crippen MR) is 226 cm³/mol. The Morgan fingerprint density at radius 1 is 0.382 bits per heavy atom. The van der Waals surface area contributed by atoms with Crippen LogP contribution in [-0.2, 0) is 0 Å². The van der Waals surface area contributed by atoms with Crippen LogP contribution in [0, 0.1) is 0 Å². The van der Waals surface area contributed by atoms with Crippen molar-refractivity contribution in [1.82, 2.24) is 19.1 Å². The number of aromatic nitrogens is 4. The fraction of sp³-hybridized carbons (Fsp3) is 0. The van der Waals surface area contributed by atoms with Crippen LogP contribution in [0.5, 0.6) is 0 Å². The molecule has 5 nitrogen and oxygen atoms in total. The topological polar surface area (TPSA) is 48.8 Å². The lowest BCUT2D eigenvalue weighted by atomic mass is 10.0. The number of para-hydroxylation sites is 4. The number of rotatable bonds is 4. The molecule has 8 aromatic carbocycles. The van der Waals surface area contributed by atoms with E-state index in [1.807, 2.05) is 18.2 Å². The van der Waals surface area contributed by atoms with Crippen molar-refractivity contribution in [3.05, 3.63) is 182 Å². The van der Waals surface area contributed by atoms with Crippen LogP contribution in [-0.4, -0.2) is 19.1 Å². The van der Waals surface area contributed by atoms with Crippen molar-refractivity contribution < 1.29 is 4.42 Å². The van der Waals surface area contributed by atoms with Gasteiger partial charge in [-0.25, -0.2) is 9.97 Å². The molecule has 0 amide bonds. The molecular formula is C50H30N4O. The molecule has 0 saturated heterocycles. The first-order chi connectivity index (χ1) is 27.3. The zero-order valence-corrected chi connectivity index (χ0v) is 29.5. The number of nitrogens with zero attached hydrogens (tertiary/aromatic N) is 4. The average Bonchev–Trinajstić information content (AvgIpc) is 3.91. The van der Waals surface area contributed by atoms with Crippen LogP contribution in [0.4, 0.5) is 0 Å². The van der Waals surface area contributed by atoms with Crippen molar-refractivity contribution in [1.29, 1.82) is 0 Å². The highest BCUT2D eigenvalue weighted by molar-refractivity contribution is 6.26. The summed E-state index contributed by atoms with van der Waals surface area (Å²) < 4.78 is 11.0. The van der Waals surface area contributed by atoms with Gasteiger partial charge in [-0.2, -0.15) is 0 Å². The second kappa shape index (κ2) is 11.5. The first-order valence-electron chi connectivity index (χ1n) is 18.6. The minimum Gasteiger partial charge on any atom is -0.456 e. The van der Waals surface area contributed by atoms with Gasteiger partial charge in [-0.1, -0.05) is 127 Å². The summed E-state index contributed by atoms with van der Waals surface area (Å²) in [7, 11) is 0. The van der Waals surface area contributed by atoms with Crippen LogP contribution in [0.15, 0.2) is 186 Å². The normalized spacial score (nSPS) is 12.0. The molecule has 0 atom stereocenters. The lowest BCUT2D eigenvalue weighted by Gasteiger charge is -2.12. The molecule has 4 heterocycles. The fourth-order valence-corrected chi connectivity index (χ4v) is 8.71. The third kappa shape index (κ3) is 4.41. The first-order valence-corrected chi connectivity index (χ1v) is 18.6. The van der Waals surface area contributed by atoms with Crippen molar-refractivity contribution in [3.63, 3.8) is 0 Å². The summed E-state index contributed by atoms with van der Waals surface area (Å²) in [5, 5.41) is 7.92. The second-order valence-corrected chi connectivity index (χ2v) is 14.2. The molecule has 0 radical (unpaired) electrons. The van der Waals surface area contributed by atoms with Crippen LogP contribution >= 0.6 is 0 Å². The molecule has 0 spiro atoms. The summed E-state index contributed by atoms with van der Waals surface area (Å²) in [6.45, 7) is 0. The molecule has 0 aliphatic heterocycles. The molecular weight excluding hydrogens is 673 g/mol. The third-order valence-corrected chi connectivity index (χ3v) is 11.1. The standard InChI is InChI=1S/C50H30N4O/c1-2-13-31(14-3-1)32-15-12-16-34(29-32)53-42-22-9-5-17-35(42)38-27-28-44-47(49(38)53)40-20-6-10-23-43(40)54(44)50-51-41-21-8-4-19-39(41)48(52-50)33-25-26-37-36-18-7-11-24-45(36)55-46(37)30-33/h1-30H. The number of hydrogen-bond acceptors (Lipinski definition) is 3.